The first-order chi connectivity index (χ1) is 13.7. The number of imidazole rings is 1. The molecule has 29 heavy (non-hydrogen) atoms. The zero-order chi connectivity index (χ0) is 21.3. The molecule has 0 radical (unpaired) electrons. The van der Waals surface area contributed by atoms with E-state index in [1.807, 2.05) is 0 Å². The molecule has 0 spiro atoms. The minimum Gasteiger partial charge on any atom is -0.456 e. The number of carbonyl (C=O) groups excluding carboxylic acids is 3. The predicted molar refractivity (Wildman–Crippen MR) is 91.3 cm³/mol. The molecule has 0 N–H and O–H groups in total. The molecule has 0 saturated carbocycles. The summed E-state index contributed by atoms with van der Waals surface area (Å²) < 4.78 is 50.0. The van der Waals surface area contributed by atoms with Crippen molar-refractivity contribution in [2.45, 2.75) is 45.3 Å². The van der Waals surface area contributed by atoms with Crippen molar-refractivity contribution in [1.29, 1.82) is 0 Å². The Labute approximate surface area is 163 Å². The molecule has 11 heteroatoms. The zero-order valence-corrected chi connectivity index (χ0v) is 15.8. The summed E-state index contributed by atoms with van der Waals surface area (Å²) in [5, 5.41) is 0. The van der Waals surface area contributed by atoms with Crippen molar-refractivity contribution < 1.29 is 42.1 Å². The maximum Gasteiger partial charge on any atom is 0.303 e. The lowest BCUT2D eigenvalue weighted by atomic mass is 10.0. The van der Waals surface area contributed by atoms with Gasteiger partial charge in [-0.25, -0.2) is 13.8 Å². The van der Waals surface area contributed by atoms with E-state index in [0.29, 0.717) is 0 Å². The molecule has 0 bridgehead atoms. The maximum atomic E-state index is 13.8. The van der Waals surface area contributed by atoms with Gasteiger partial charge < -0.3 is 18.9 Å². The summed E-state index contributed by atoms with van der Waals surface area (Å²) in [6, 6.07) is 1.83. The van der Waals surface area contributed by atoms with E-state index in [0.717, 1.165) is 26.0 Å². The monoisotopic (exact) mass is 412 g/mol. The Morgan fingerprint density at radius 1 is 1.00 bits per heavy atom. The molecule has 1 fully saturated rings. The summed E-state index contributed by atoms with van der Waals surface area (Å²) in [7, 11) is 0. The van der Waals surface area contributed by atoms with Crippen molar-refractivity contribution in [2.24, 2.45) is 0 Å². The summed E-state index contributed by atoms with van der Waals surface area (Å²) >= 11 is 0. The number of ether oxygens (including phenoxy) is 4. The van der Waals surface area contributed by atoms with Gasteiger partial charge in [-0.3, -0.25) is 19.0 Å². The van der Waals surface area contributed by atoms with Crippen LogP contribution in [-0.4, -0.2) is 52.4 Å². The van der Waals surface area contributed by atoms with Gasteiger partial charge in [0.25, 0.3) is 0 Å². The molecule has 3 rings (SSSR count). The third-order valence-corrected chi connectivity index (χ3v) is 4.21. The smallest absolute Gasteiger partial charge is 0.303 e. The average molecular weight is 412 g/mol. The fourth-order valence-corrected chi connectivity index (χ4v) is 3.19. The first kappa shape index (κ1) is 20.6. The van der Waals surface area contributed by atoms with E-state index in [4.69, 9.17) is 18.9 Å². The minimum atomic E-state index is -1.25. The molecule has 2 aromatic rings. The van der Waals surface area contributed by atoms with Crippen molar-refractivity contribution >= 4 is 28.9 Å². The molecule has 1 aliphatic heterocycles. The highest BCUT2D eigenvalue weighted by Gasteiger charge is 2.48. The van der Waals surface area contributed by atoms with Gasteiger partial charge in [0.15, 0.2) is 36.2 Å². The standard InChI is InChI=1S/C18H18F2N2O7/c1-8(23)27-15-6-26-18(17(29-10(3)25)16(15)28-9(2)24)22-7-21-13-4-11(19)12(20)5-14(13)22/h4-5,7,15-18H,6H2,1-3H3/t15-,16-,17-,18-/m1/s1. The Morgan fingerprint density at radius 2 is 1.59 bits per heavy atom. The van der Waals surface area contributed by atoms with Crippen LogP contribution in [0.2, 0.25) is 0 Å². The van der Waals surface area contributed by atoms with Crippen LogP contribution < -0.4 is 0 Å². The van der Waals surface area contributed by atoms with Gasteiger partial charge in [0.2, 0.25) is 0 Å². The van der Waals surface area contributed by atoms with Crippen molar-refractivity contribution in [3.63, 3.8) is 0 Å². The molecule has 1 aromatic heterocycles. The van der Waals surface area contributed by atoms with Crippen LogP contribution in [0.5, 0.6) is 0 Å². The maximum absolute atomic E-state index is 13.8. The van der Waals surface area contributed by atoms with Gasteiger partial charge in [0, 0.05) is 32.9 Å². The molecule has 0 unspecified atom stereocenters. The van der Waals surface area contributed by atoms with Gasteiger partial charge in [-0.15, -0.1) is 0 Å². The fraction of sp³-hybridized carbons (Fsp3) is 0.444. The highest BCUT2D eigenvalue weighted by Crippen LogP contribution is 2.33. The topological polar surface area (TPSA) is 106 Å². The second kappa shape index (κ2) is 8.11. The number of nitrogens with zero attached hydrogens (tertiary/aromatic N) is 2. The van der Waals surface area contributed by atoms with Crippen molar-refractivity contribution in [1.82, 2.24) is 9.55 Å². The molecule has 2 heterocycles. The van der Waals surface area contributed by atoms with Crippen LogP contribution in [0.15, 0.2) is 18.5 Å². The number of esters is 3. The van der Waals surface area contributed by atoms with Gasteiger partial charge in [-0.2, -0.15) is 0 Å². The van der Waals surface area contributed by atoms with Crippen LogP contribution in [0.3, 0.4) is 0 Å². The Bertz CT molecular complexity index is 961. The van der Waals surface area contributed by atoms with E-state index >= 15 is 0 Å². The van der Waals surface area contributed by atoms with E-state index in [-0.39, 0.29) is 17.6 Å². The zero-order valence-electron chi connectivity index (χ0n) is 15.8. The quantitative estimate of drug-likeness (QED) is 0.551. The van der Waals surface area contributed by atoms with Crippen LogP contribution in [0, 0.1) is 11.6 Å². The highest BCUT2D eigenvalue weighted by atomic mass is 19.2. The number of benzene rings is 1. The molecule has 1 aromatic carbocycles. The third-order valence-electron chi connectivity index (χ3n) is 4.21. The Morgan fingerprint density at radius 3 is 2.21 bits per heavy atom. The molecule has 1 saturated heterocycles. The third kappa shape index (κ3) is 4.34. The average Bonchev–Trinajstić information content (AvgIpc) is 2.99. The lowest BCUT2D eigenvalue weighted by molar-refractivity contribution is -0.239. The molecule has 4 atom stereocenters. The van der Waals surface area contributed by atoms with E-state index in [1.165, 1.54) is 17.8 Å². The van der Waals surface area contributed by atoms with Crippen molar-refractivity contribution in [3.8, 4) is 0 Å². The van der Waals surface area contributed by atoms with Crippen molar-refractivity contribution in [3.05, 3.63) is 30.1 Å². The molecular formula is C18H18F2N2O7. The van der Waals surface area contributed by atoms with Gasteiger partial charge in [-0.1, -0.05) is 0 Å². The van der Waals surface area contributed by atoms with Crippen LogP contribution >= 0.6 is 0 Å². The second-order valence-electron chi connectivity index (χ2n) is 6.43. The van der Waals surface area contributed by atoms with Gasteiger partial charge >= 0.3 is 17.9 Å². The van der Waals surface area contributed by atoms with Crippen LogP contribution in [0.4, 0.5) is 8.78 Å². The summed E-state index contributed by atoms with van der Waals surface area (Å²) in [6.07, 6.45) is -3.34. The summed E-state index contributed by atoms with van der Waals surface area (Å²) in [6.45, 7) is 3.24. The number of hydrogen-bond acceptors (Lipinski definition) is 8. The summed E-state index contributed by atoms with van der Waals surface area (Å²) in [4.78, 5) is 38.7. The highest BCUT2D eigenvalue weighted by molar-refractivity contribution is 5.75. The number of halogens is 2. The number of aromatic nitrogens is 2. The molecular weight excluding hydrogens is 394 g/mol. The second-order valence-corrected chi connectivity index (χ2v) is 6.43. The lowest BCUT2D eigenvalue weighted by Gasteiger charge is -2.40. The number of carbonyl (C=O) groups is 3. The largest absolute Gasteiger partial charge is 0.456 e. The van der Waals surface area contributed by atoms with E-state index in [1.54, 1.807) is 0 Å². The normalized spacial score (nSPS) is 24.2. The van der Waals surface area contributed by atoms with Gasteiger partial charge in [0.05, 0.1) is 24.0 Å². The van der Waals surface area contributed by atoms with E-state index in [9.17, 15) is 23.2 Å². The number of rotatable bonds is 4. The Hall–Kier alpha value is -3.08. The molecule has 1 aliphatic rings. The molecule has 0 amide bonds. The van der Waals surface area contributed by atoms with E-state index < -0.39 is 54.1 Å². The summed E-state index contributed by atoms with van der Waals surface area (Å²) in [5.41, 5.74) is 0.304. The van der Waals surface area contributed by atoms with Gasteiger partial charge in [0.1, 0.15) is 0 Å². The number of hydrogen-bond donors (Lipinski definition) is 0. The molecule has 9 nitrogen and oxygen atoms in total. The van der Waals surface area contributed by atoms with Crippen LogP contribution in [0.25, 0.3) is 11.0 Å². The SMILES string of the molecule is CC(=O)O[C@@H]1[C@H](OC(C)=O)[C@H](OC(C)=O)CO[C@H]1n1cnc2cc(F)c(F)cc21. The number of fused-ring (bicyclic) bond motifs is 1. The predicted octanol–water partition coefficient (Wildman–Crippen LogP) is 1.64. The minimum absolute atomic E-state index is 0.139. The van der Waals surface area contributed by atoms with Crippen molar-refractivity contribution in [2.75, 3.05) is 6.61 Å². The molecule has 0 aliphatic carbocycles. The summed E-state index contributed by atoms with van der Waals surface area (Å²) in [5.74, 6) is -4.24. The molecule has 156 valence electrons. The van der Waals surface area contributed by atoms with Crippen LogP contribution in [-0.2, 0) is 33.3 Å². The first-order valence-corrected chi connectivity index (χ1v) is 8.62. The van der Waals surface area contributed by atoms with E-state index in [2.05, 4.69) is 4.98 Å². The fourth-order valence-electron chi connectivity index (χ4n) is 3.19. The lowest BCUT2D eigenvalue weighted by Crippen LogP contribution is -2.55. The van der Waals surface area contributed by atoms with Gasteiger partial charge in [-0.05, 0) is 0 Å². The van der Waals surface area contributed by atoms with Crippen LogP contribution in [0.1, 0.15) is 27.0 Å². The Balaban J connectivity index is 2.05. The Kier molecular flexibility index (Phi) is 5.78. The first-order valence-electron chi connectivity index (χ1n) is 8.62.